The van der Waals surface area contributed by atoms with Crippen molar-refractivity contribution >= 4 is 5.97 Å². The Labute approximate surface area is 142 Å². The summed E-state index contributed by atoms with van der Waals surface area (Å²) in [5.41, 5.74) is 1.97. The normalized spacial score (nSPS) is 18.6. The van der Waals surface area contributed by atoms with E-state index in [4.69, 9.17) is 9.52 Å². The standard InChI is InChI=1S/C19H24N2O3/c1-14-17(20-19(24-14)16-7-3-2-4-8-16)13-21-11-5-6-15(12-21)9-10-18(22)23/h2-4,7-8,15H,5-6,9-13H2,1H3,(H,22,23). The van der Waals surface area contributed by atoms with Gasteiger partial charge in [-0.3, -0.25) is 9.69 Å². The largest absolute Gasteiger partial charge is 0.481 e. The van der Waals surface area contributed by atoms with Crippen LogP contribution >= 0.6 is 0 Å². The van der Waals surface area contributed by atoms with Crippen molar-refractivity contribution in [2.24, 2.45) is 5.92 Å². The highest BCUT2D eigenvalue weighted by Crippen LogP contribution is 2.25. The first-order chi connectivity index (χ1) is 11.6. The van der Waals surface area contributed by atoms with Crippen molar-refractivity contribution in [3.8, 4) is 11.5 Å². The van der Waals surface area contributed by atoms with Gasteiger partial charge in [-0.2, -0.15) is 0 Å². The number of nitrogens with zero attached hydrogens (tertiary/aromatic N) is 2. The van der Waals surface area contributed by atoms with Crippen molar-refractivity contribution in [1.82, 2.24) is 9.88 Å². The number of rotatable bonds is 6. The number of piperidine rings is 1. The summed E-state index contributed by atoms with van der Waals surface area (Å²) in [5.74, 6) is 1.30. The predicted octanol–water partition coefficient (Wildman–Crippen LogP) is 3.73. The van der Waals surface area contributed by atoms with Crippen molar-refractivity contribution in [2.75, 3.05) is 13.1 Å². The maximum Gasteiger partial charge on any atom is 0.303 e. The van der Waals surface area contributed by atoms with Crippen LogP contribution in [0.25, 0.3) is 11.5 Å². The van der Waals surface area contributed by atoms with Gasteiger partial charge in [0.15, 0.2) is 0 Å². The van der Waals surface area contributed by atoms with Crippen LogP contribution in [0.15, 0.2) is 34.7 Å². The third-order valence-corrected chi connectivity index (χ3v) is 4.66. The second kappa shape index (κ2) is 7.62. The number of carbonyl (C=O) groups is 1. The molecule has 0 radical (unpaired) electrons. The fourth-order valence-corrected chi connectivity index (χ4v) is 3.35. The predicted molar refractivity (Wildman–Crippen MR) is 91.5 cm³/mol. The van der Waals surface area contributed by atoms with Gasteiger partial charge in [0, 0.05) is 25.1 Å². The summed E-state index contributed by atoms with van der Waals surface area (Å²) in [6.45, 7) is 4.71. The minimum Gasteiger partial charge on any atom is -0.481 e. The van der Waals surface area contributed by atoms with Crippen LogP contribution in [-0.2, 0) is 11.3 Å². The first-order valence-electron chi connectivity index (χ1n) is 8.57. The van der Waals surface area contributed by atoms with Gasteiger partial charge < -0.3 is 9.52 Å². The van der Waals surface area contributed by atoms with E-state index in [9.17, 15) is 4.79 Å². The fourth-order valence-electron chi connectivity index (χ4n) is 3.35. The average Bonchev–Trinajstić information content (AvgIpc) is 2.95. The molecule has 1 aliphatic heterocycles. The molecule has 24 heavy (non-hydrogen) atoms. The molecular weight excluding hydrogens is 304 g/mol. The van der Waals surface area contributed by atoms with Crippen molar-refractivity contribution in [1.29, 1.82) is 0 Å². The second-order valence-electron chi connectivity index (χ2n) is 6.56. The Morgan fingerprint density at radius 2 is 2.17 bits per heavy atom. The number of aryl methyl sites for hydroxylation is 1. The van der Waals surface area contributed by atoms with E-state index in [1.54, 1.807) is 0 Å². The van der Waals surface area contributed by atoms with Crippen LogP contribution in [-0.4, -0.2) is 34.0 Å². The Bertz CT molecular complexity index is 681. The third kappa shape index (κ3) is 4.23. The lowest BCUT2D eigenvalue weighted by atomic mass is 9.93. The topological polar surface area (TPSA) is 66.6 Å². The summed E-state index contributed by atoms with van der Waals surface area (Å²) < 4.78 is 5.83. The van der Waals surface area contributed by atoms with E-state index >= 15 is 0 Å². The van der Waals surface area contributed by atoms with Crippen LogP contribution < -0.4 is 0 Å². The number of carboxylic acid groups (broad SMARTS) is 1. The number of aromatic nitrogens is 1. The summed E-state index contributed by atoms with van der Waals surface area (Å²) in [5, 5.41) is 8.86. The van der Waals surface area contributed by atoms with Gasteiger partial charge in [0.2, 0.25) is 5.89 Å². The molecule has 3 rings (SSSR count). The molecule has 1 fully saturated rings. The highest BCUT2D eigenvalue weighted by atomic mass is 16.4. The van der Waals surface area contributed by atoms with Gasteiger partial charge in [-0.1, -0.05) is 18.2 Å². The molecule has 1 aromatic heterocycles. The number of likely N-dealkylation sites (tertiary alicyclic amines) is 1. The molecule has 0 saturated carbocycles. The summed E-state index contributed by atoms with van der Waals surface area (Å²) in [6, 6.07) is 9.93. The molecule has 0 spiro atoms. The lowest BCUT2D eigenvalue weighted by Gasteiger charge is -2.32. The molecule has 128 valence electrons. The molecule has 5 heteroatoms. The fraction of sp³-hybridized carbons (Fsp3) is 0.474. The second-order valence-corrected chi connectivity index (χ2v) is 6.56. The quantitative estimate of drug-likeness (QED) is 0.875. The van der Waals surface area contributed by atoms with E-state index in [2.05, 4.69) is 9.88 Å². The number of carboxylic acids is 1. The smallest absolute Gasteiger partial charge is 0.303 e. The van der Waals surface area contributed by atoms with Crippen molar-refractivity contribution < 1.29 is 14.3 Å². The molecule has 1 atom stereocenters. The minimum atomic E-state index is -0.702. The molecule has 2 heterocycles. The van der Waals surface area contributed by atoms with Crippen LogP contribution in [0.5, 0.6) is 0 Å². The molecule has 0 amide bonds. The van der Waals surface area contributed by atoms with Gasteiger partial charge in [-0.05, 0) is 50.8 Å². The molecular formula is C19H24N2O3. The van der Waals surface area contributed by atoms with E-state index in [-0.39, 0.29) is 6.42 Å². The van der Waals surface area contributed by atoms with Crippen molar-refractivity contribution in [3.63, 3.8) is 0 Å². The van der Waals surface area contributed by atoms with E-state index in [0.29, 0.717) is 11.8 Å². The molecule has 1 saturated heterocycles. The first kappa shape index (κ1) is 16.7. The van der Waals surface area contributed by atoms with Gasteiger partial charge >= 0.3 is 5.97 Å². The highest BCUT2D eigenvalue weighted by molar-refractivity contribution is 5.66. The molecule has 1 N–H and O–H groups in total. The molecule has 5 nitrogen and oxygen atoms in total. The Kier molecular flexibility index (Phi) is 5.30. The Hall–Kier alpha value is -2.14. The zero-order valence-electron chi connectivity index (χ0n) is 14.1. The third-order valence-electron chi connectivity index (χ3n) is 4.66. The first-order valence-corrected chi connectivity index (χ1v) is 8.57. The SMILES string of the molecule is Cc1oc(-c2ccccc2)nc1CN1CCCC(CCC(=O)O)C1. The zero-order valence-corrected chi connectivity index (χ0v) is 14.1. The molecule has 0 bridgehead atoms. The van der Waals surface area contributed by atoms with Gasteiger partial charge in [0.05, 0.1) is 5.69 Å². The number of hydrogen-bond donors (Lipinski definition) is 1. The number of aliphatic carboxylic acids is 1. The summed E-state index contributed by atoms with van der Waals surface area (Å²) >= 11 is 0. The minimum absolute atomic E-state index is 0.264. The summed E-state index contributed by atoms with van der Waals surface area (Å²) in [6.07, 6.45) is 3.27. The molecule has 1 unspecified atom stereocenters. The monoisotopic (exact) mass is 328 g/mol. The van der Waals surface area contributed by atoms with E-state index in [1.807, 2.05) is 37.3 Å². The Morgan fingerprint density at radius 3 is 2.92 bits per heavy atom. The van der Waals surface area contributed by atoms with Crippen LogP contribution in [0.1, 0.15) is 37.1 Å². The lowest BCUT2D eigenvalue weighted by molar-refractivity contribution is -0.137. The summed E-state index contributed by atoms with van der Waals surface area (Å²) in [7, 11) is 0. The van der Waals surface area contributed by atoms with E-state index < -0.39 is 5.97 Å². The number of hydrogen-bond acceptors (Lipinski definition) is 4. The van der Waals surface area contributed by atoms with Crippen molar-refractivity contribution in [3.05, 3.63) is 41.8 Å². The maximum absolute atomic E-state index is 10.8. The maximum atomic E-state index is 10.8. The Morgan fingerprint density at radius 1 is 1.38 bits per heavy atom. The lowest BCUT2D eigenvalue weighted by Crippen LogP contribution is -2.35. The molecule has 0 aliphatic carbocycles. The van der Waals surface area contributed by atoms with E-state index in [1.165, 1.54) is 0 Å². The zero-order chi connectivity index (χ0) is 16.9. The van der Waals surface area contributed by atoms with Crippen LogP contribution in [0.2, 0.25) is 0 Å². The van der Waals surface area contributed by atoms with Gasteiger partial charge in [0.1, 0.15) is 5.76 Å². The number of oxazole rings is 1. The van der Waals surface area contributed by atoms with Gasteiger partial charge in [-0.25, -0.2) is 4.98 Å². The molecule has 1 aromatic carbocycles. The van der Waals surface area contributed by atoms with Crippen molar-refractivity contribution in [2.45, 2.75) is 39.2 Å². The highest BCUT2D eigenvalue weighted by Gasteiger charge is 2.22. The van der Waals surface area contributed by atoms with E-state index in [0.717, 1.165) is 55.9 Å². The molecule has 1 aliphatic rings. The summed E-state index contributed by atoms with van der Waals surface area (Å²) in [4.78, 5) is 17.8. The number of benzene rings is 1. The van der Waals surface area contributed by atoms with Gasteiger partial charge in [0.25, 0.3) is 0 Å². The Balaban J connectivity index is 1.63. The molecule has 2 aromatic rings. The van der Waals surface area contributed by atoms with Gasteiger partial charge in [-0.15, -0.1) is 0 Å². The van der Waals surface area contributed by atoms with Crippen LogP contribution in [0.3, 0.4) is 0 Å². The van der Waals surface area contributed by atoms with Crippen LogP contribution in [0, 0.1) is 12.8 Å². The van der Waals surface area contributed by atoms with Crippen LogP contribution in [0.4, 0.5) is 0 Å². The average molecular weight is 328 g/mol.